The van der Waals surface area contributed by atoms with Crippen molar-refractivity contribution in [3.63, 3.8) is 0 Å². The van der Waals surface area contributed by atoms with Gasteiger partial charge in [0.1, 0.15) is 12.4 Å². The monoisotopic (exact) mass is 488 g/mol. The van der Waals surface area contributed by atoms with Crippen molar-refractivity contribution in [3.8, 4) is 11.5 Å². The number of benzene rings is 3. The highest BCUT2D eigenvalue weighted by atomic mass is 16.5. The number of anilines is 2. The van der Waals surface area contributed by atoms with Gasteiger partial charge in [0.2, 0.25) is 0 Å². The second kappa shape index (κ2) is 13.1. The Labute approximate surface area is 213 Å². The highest BCUT2D eigenvalue weighted by molar-refractivity contribution is 5.95. The molecule has 0 aliphatic carbocycles. The first-order valence-electron chi connectivity index (χ1n) is 11.9. The molecule has 0 saturated carbocycles. The molecule has 0 spiro atoms. The molecule has 0 bridgehead atoms. The van der Waals surface area contributed by atoms with Gasteiger partial charge in [0.25, 0.3) is 0 Å². The number of ether oxygens (including phenoxy) is 2. The number of nitrogens with two attached hydrogens (primary N) is 1. The van der Waals surface area contributed by atoms with Gasteiger partial charge in [-0.3, -0.25) is 5.41 Å². The van der Waals surface area contributed by atoms with Crippen LogP contribution in [-0.2, 0) is 0 Å². The van der Waals surface area contributed by atoms with Crippen LogP contribution in [0.1, 0.15) is 24.1 Å². The van der Waals surface area contributed by atoms with E-state index in [0.29, 0.717) is 36.0 Å². The normalized spacial score (nSPS) is 11.4. The van der Waals surface area contributed by atoms with Crippen molar-refractivity contribution in [1.29, 1.82) is 5.41 Å². The van der Waals surface area contributed by atoms with Crippen molar-refractivity contribution in [2.75, 3.05) is 44.6 Å². The van der Waals surface area contributed by atoms with E-state index in [9.17, 15) is 0 Å². The average molecular weight is 489 g/mol. The number of amidine groups is 1. The van der Waals surface area contributed by atoms with E-state index in [1.54, 1.807) is 0 Å². The number of nitrogens with one attached hydrogen (secondary N) is 4. The zero-order valence-electron chi connectivity index (χ0n) is 21.2. The molecule has 0 aliphatic heterocycles. The van der Waals surface area contributed by atoms with Crippen molar-refractivity contribution >= 4 is 17.2 Å². The molecule has 8 heteroatoms. The minimum atomic E-state index is -0.306. The predicted molar refractivity (Wildman–Crippen MR) is 148 cm³/mol. The van der Waals surface area contributed by atoms with Gasteiger partial charge < -0.3 is 36.3 Å². The summed E-state index contributed by atoms with van der Waals surface area (Å²) >= 11 is 0. The molecule has 190 valence electrons. The average Bonchev–Trinajstić information content (AvgIpc) is 2.87. The van der Waals surface area contributed by atoms with Crippen LogP contribution in [0.3, 0.4) is 0 Å². The Balaban J connectivity index is 1.86. The number of hydrogen-bond donors (Lipinski definition) is 5. The Kier molecular flexibility index (Phi) is 9.59. The first kappa shape index (κ1) is 26.4. The van der Waals surface area contributed by atoms with Crippen LogP contribution in [0.4, 0.5) is 11.4 Å². The Morgan fingerprint density at radius 1 is 0.972 bits per heavy atom. The van der Waals surface area contributed by atoms with E-state index >= 15 is 0 Å². The molecule has 3 aromatic rings. The fourth-order valence-corrected chi connectivity index (χ4v) is 3.46. The van der Waals surface area contributed by atoms with Crippen LogP contribution >= 0.6 is 0 Å². The molecule has 1 atom stereocenters. The van der Waals surface area contributed by atoms with Gasteiger partial charge in [0.15, 0.2) is 11.5 Å². The lowest BCUT2D eigenvalue weighted by Gasteiger charge is -2.25. The summed E-state index contributed by atoms with van der Waals surface area (Å²) in [5, 5.41) is 11.2. The third-order valence-corrected chi connectivity index (χ3v) is 5.39. The first-order valence-corrected chi connectivity index (χ1v) is 11.9. The van der Waals surface area contributed by atoms with E-state index in [4.69, 9.17) is 20.6 Å². The lowest BCUT2D eigenvalue weighted by Crippen LogP contribution is -2.28. The van der Waals surface area contributed by atoms with Crippen LogP contribution in [0.5, 0.6) is 11.5 Å². The summed E-state index contributed by atoms with van der Waals surface area (Å²) in [6.07, 6.45) is 0. The number of para-hydroxylation sites is 1. The van der Waals surface area contributed by atoms with Gasteiger partial charge in [-0.15, -0.1) is 0 Å². The molecule has 36 heavy (non-hydrogen) atoms. The van der Waals surface area contributed by atoms with Gasteiger partial charge in [-0.25, -0.2) is 0 Å². The third kappa shape index (κ3) is 7.68. The van der Waals surface area contributed by atoms with E-state index < -0.39 is 0 Å². The maximum atomic E-state index is 7.64. The molecule has 0 amide bonds. The van der Waals surface area contributed by atoms with E-state index in [-0.39, 0.29) is 11.9 Å². The molecule has 0 aromatic heterocycles. The Morgan fingerprint density at radius 3 is 2.33 bits per heavy atom. The zero-order chi connectivity index (χ0) is 25.9. The van der Waals surface area contributed by atoms with Gasteiger partial charge in [-0.2, -0.15) is 0 Å². The van der Waals surface area contributed by atoms with Gasteiger partial charge in [-0.1, -0.05) is 30.8 Å². The fourth-order valence-electron chi connectivity index (χ4n) is 3.46. The Morgan fingerprint density at radius 2 is 1.69 bits per heavy atom. The molecule has 0 radical (unpaired) electrons. The highest BCUT2D eigenvalue weighted by Crippen LogP contribution is 2.34. The lowest BCUT2D eigenvalue weighted by atomic mass is 10.0. The standard InChI is InChI=1S/C28H36N6O2/c1-5-35-26-19-22(13-16-25(26)36-18-17-34(3)4)27(20(2)32-33-24-9-7-6-8-10-24)31-23-14-11-21(12-15-23)28(29)30/h6-16,19,27,31-33H,2,5,17-18H2,1,3-4H3,(H3,29,30). The maximum absolute atomic E-state index is 7.64. The van der Waals surface area contributed by atoms with Crippen LogP contribution in [0.25, 0.3) is 0 Å². The molecule has 0 saturated heterocycles. The number of nitrogens with zero attached hydrogens (tertiary/aromatic N) is 1. The molecule has 0 aliphatic rings. The highest BCUT2D eigenvalue weighted by Gasteiger charge is 2.19. The summed E-state index contributed by atoms with van der Waals surface area (Å²) in [5.74, 6) is 1.41. The lowest BCUT2D eigenvalue weighted by molar-refractivity contribution is 0.244. The van der Waals surface area contributed by atoms with E-state index in [1.807, 2.05) is 93.8 Å². The Hall–Kier alpha value is -4.17. The van der Waals surface area contributed by atoms with E-state index in [2.05, 4.69) is 27.6 Å². The molecule has 3 aromatic carbocycles. The van der Waals surface area contributed by atoms with Crippen LogP contribution in [0, 0.1) is 5.41 Å². The first-order chi connectivity index (χ1) is 17.4. The minimum absolute atomic E-state index is 0.0300. The quantitative estimate of drug-likeness (QED) is 0.128. The Bertz CT molecular complexity index is 1130. The summed E-state index contributed by atoms with van der Waals surface area (Å²) < 4.78 is 11.9. The molecule has 0 fully saturated rings. The smallest absolute Gasteiger partial charge is 0.161 e. The van der Waals surface area contributed by atoms with Gasteiger partial charge in [0, 0.05) is 17.8 Å². The van der Waals surface area contributed by atoms with Crippen LogP contribution < -0.4 is 31.4 Å². The minimum Gasteiger partial charge on any atom is -0.490 e. The van der Waals surface area contributed by atoms with Crippen molar-refractivity contribution in [2.45, 2.75) is 13.0 Å². The summed E-state index contributed by atoms with van der Waals surface area (Å²) in [6.45, 7) is 8.13. The van der Waals surface area contributed by atoms with Gasteiger partial charge in [0.05, 0.1) is 24.0 Å². The summed E-state index contributed by atoms with van der Waals surface area (Å²) in [7, 11) is 4.02. The number of likely N-dealkylation sites (N-methyl/N-ethyl adjacent to an activating group) is 1. The predicted octanol–water partition coefficient (Wildman–Crippen LogP) is 4.59. The second-order valence-corrected chi connectivity index (χ2v) is 8.50. The summed E-state index contributed by atoms with van der Waals surface area (Å²) in [5.41, 5.74) is 16.1. The van der Waals surface area contributed by atoms with E-state index in [0.717, 1.165) is 23.5 Å². The van der Waals surface area contributed by atoms with Crippen molar-refractivity contribution < 1.29 is 9.47 Å². The number of rotatable bonds is 14. The molecular weight excluding hydrogens is 452 g/mol. The summed E-state index contributed by atoms with van der Waals surface area (Å²) in [4.78, 5) is 2.07. The fraction of sp³-hybridized carbons (Fsp3) is 0.250. The van der Waals surface area contributed by atoms with Crippen molar-refractivity contribution in [1.82, 2.24) is 10.3 Å². The zero-order valence-corrected chi connectivity index (χ0v) is 21.2. The van der Waals surface area contributed by atoms with Crippen LogP contribution in [0.15, 0.2) is 85.1 Å². The number of hydrogen-bond acceptors (Lipinski definition) is 7. The molecule has 3 rings (SSSR count). The van der Waals surface area contributed by atoms with Gasteiger partial charge in [-0.05, 0) is 75.1 Å². The number of nitrogen functional groups attached to an aromatic ring is 1. The molecule has 1 unspecified atom stereocenters. The second-order valence-electron chi connectivity index (χ2n) is 8.50. The van der Waals surface area contributed by atoms with Crippen molar-refractivity contribution in [2.24, 2.45) is 5.73 Å². The molecule has 0 heterocycles. The topological polar surface area (TPSA) is 108 Å². The third-order valence-electron chi connectivity index (χ3n) is 5.39. The van der Waals surface area contributed by atoms with Crippen LogP contribution in [0.2, 0.25) is 0 Å². The van der Waals surface area contributed by atoms with E-state index in [1.165, 1.54) is 0 Å². The van der Waals surface area contributed by atoms with Gasteiger partial charge >= 0.3 is 0 Å². The van der Waals surface area contributed by atoms with Crippen molar-refractivity contribution in [3.05, 3.63) is 96.2 Å². The maximum Gasteiger partial charge on any atom is 0.161 e. The largest absolute Gasteiger partial charge is 0.490 e. The summed E-state index contributed by atoms with van der Waals surface area (Å²) in [6, 6.07) is 22.8. The molecular formula is C28H36N6O2. The van der Waals surface area contributed by atoms with Crippen LogP contribution in [-0.4, -0.2) is 44.6 Å². The molecule has 6 N–H and O–H groups in total. The molecule has 8 nitrogen and oxygen atoms in total. The number of hydrazine groups is 1. The SMILES string of the molecule is C=C(NNc1ccccc1)C(Nc1ccc(C(=N)N)cc1)c1ccc(OCCN(C)C)c(OCC)c1.